The average molecular weight is 298 g/mol. The molecule has 0 aliphatic heterocycles. The van der Waals surface area contributed by atoms with Crippen LogP contribution in [0.2, 0.25) is 0 Å². The van der Waals surface area contributed by atoms with Gasteiger partial charge in [-0.05, 0) is 30.0 Å². The van der Waals surface area contributed by atoms with Crippen LogP contribution < -0.4 is 10.0 Å². The molecule has 0 fully saturated rings. The molecule has 4 nitrogen and oxygen atoms in total. The molecule has 0 amide bonds. The topological polar surface area (TPSA) is 58.2 Å². The summed E-state index contributed by atoms with van der Waals surface area (Å²) in [5.41, 5.74) is 1.17. The van der Waals surface area contributed by atoms with E-state index in [2.05, 4.69) is 23.9 Å². The smallest absolute Gasteiger partial charge is 0.240 e. The zero-order chi connectivity index (χ0) is 15.2. The van der Waals surface area contributed by atoms with Crippen LogP contribution in [0.4, 0.5) is 0 Å². The molecule has 0 saturated carbocycles. The molecule has 0 aliphatic carbocycles. The first-order chi connectivity index (χ1) is 9.31. The summed E-state index contributed by atoms with van der Waals surface area (Å²) in [5, 5.41) is 3.17. The standard InChI is InChI=1S/C15H26N2O2S/c1-12(2)11-14-5-7-15(8-6-14)20(18,19)17-10-9-16-13(3)4/h5-8,12-13,16-17H,9-11H2,1-4H3. The van der Waals surface area contributed by atoms with E-state index >= 15 is 0 Å². The number of rotatable bonds is 8. The summed E-state index contributed by atoms with van der Waals surface area (Å²) in [6, 6.07) is 7.49. The van der Waals surface area contributed by atoms with Crippen molar-refractivity contribution in [2.75, 3.05) is 13.1 Å². The van der Waals surface area contributed by atoms with Crippen molar-refractivity contribution in [3.8, 4) is 0 Å². The number of hydrogen-bond donors (Lipinski definition) is 2. The van der Waals surface area contributed by atoms with Crippen LogP contribution >= 0.6 is 0 Å². The van der Waals surface area contributed by atoms with Crippen LogP contribution in [0.3, 0.4) is 0 Å². The zero-order valence-corrected chi connectivity index (χ0v) is 13.6. The van der Waals surface area contributed by atoms with E-state index in [-0.39, 0.29) is 0 Å². The van der Waals surface area contributed by atoms with Crippen LogP contribution in [0.25, 0.3) is 0 Å². The molecule has 5 heteroatoms. The Bertz CT molecular complexity index is 493. The van der Waals surface area contributed by atoms with E-state index in [0.29, 0.717) is 29.9 Å². The molecule has 20 heavy (non-hydrogen) atoms. The van der Waals surface area contributed by atoms with Gasteiger partial charge in [0.05, 0.1) is 4.90 Å². The maximum absolute atomic E-state index is 12.1. The molecule has 0 spiro atoms. The van der Waals surface area contributed by atoms with Gasteiger partial charge in [0.25, 0.3) is 0 Å². The van der Waals surface area contributed by atoms with E-state index in [1.807, 2.05) is 26.0 Å². The highest BCUT2D eigenvalue weighted by Gasteiger charge is 2.13. The summed E-state index contributed by atoms with van der Waals surface area (Å²) < 4.78 is 26.7. The molecule has 0 unspecified atom stereocenters. The van der Waals surface area contributed by atoms with Crippen molar-refractivity contribution in [3.63, 3.8) is 0 Å². The predicted octanol–water partition coefficient (Wildman–Crippen LogP) is 2.16. The minimum atomic E-state index is -3.39. The van der Waals surface area contributed by atoms with Gasteiger partial charge >= 0.3 is 0 Å². The SMILES string of the molecule is CC(C)Cc1ccc(S(=O)(=O)NCCNC(C)C)cc1. The summed E-state index contributed by atoms with van der Waals surface area (Å²) in [6.07, 6.45) is 0.964. The van der Waals surface area contributed by atoms with Gasteiger partial charge in [-0.2, -0.15) is 0 Å². The normalized spacial score (nSPS) is 12.3. The first kappa shape index (κ1) is 17.1. The second-order valence-electron chi connectivity index (χ2n) is 5.75. The fourth-order valence-electron chi connectivity index (χ4n) is 1.91. The Morgan fingerprint density at radius 2 is 1.60 bits per heavy atom. The van der Waals surface area contributed by atoms with E-state index < -0.39 is 10.0 Å². The second kappa shape index (κ2) is 7.76. The fourth-order valence-corrected chi connectivity index (χ4v) is 2.94. The van der Waals surface area contributed by atoms with Crippen molar-refractivity contribution in [2.45, 2.75) is 45.1 Å². The van der Waals surface area contributed by atoms with Gasteiger partial charge in [-0.15, -0.1) is 0 Å². The highest BCUT2D eigenvalue weighted by atomic mass is 32.2. The van der Waals surface area contributed by atoms with Crippen molar-refractivity contribution < 1.29 is 8.42 Å². The molecule has 0 aliphatic rings. The summed E-state index contributed by atoms with van der Waals surface area (Å²) in [5.74, 6) is 0.567. The van der Waals surface area contributed by atoms with Crippen LogP contribution in [-0.2, 0) is 16.4 Å². The Hall–Kier alpha value is -0.910. The molecule has 0 saturated heterocycles. The molecule has 0 aromatic heterocycles. The molecule has 1 aromatic rings. The Balaban J connectivity index is 2.59. The third-order valence-corrected chi connectivity index (χ3v) is 4.32. The molecule has 1 aromatic carbocycles. The molecule has 0 bridgehead atoms. The maximum Gasteiger partial charge on any atom is 0.240 e. The Labute approximate surface area is 123 Å². The minimum absolute atomic E-state index is 0.328. The van der Waals surface area contributed by atoms with Gasteiger partial charge in [0.15, 0.2) is 0 Å². The lowest BCUT2D eigenvalue weighted by Gasteiger charge is -2.10. The largest absolute Gasteiger partial charge is 0.313 e. The first-order valence-corrected chi connectivity index (χ1v) is 8.61. The lowest BCUT2D eigenvalue weighted by molar-refractivity contribution is 0.559. The molecular formula is C15H26N2O2S. The number of hydrogen-bond acceptors (Lipinski definition) is 3. The van der Waals surface area contributed by atoms with Gasteiger partial charge in [-0.1, -0.05) is 39.8 Å². The van der Waals surface area contributed by atoms with E-state index in [4.69, 9.17) is 0 Å². The monoisotopic (exact) mass is 298 g/mol. The Kier molecular flexibility index (Phi) is 6.65. The van der Waals surface area contributed by atoms with Crippen LogP contribution in [0.5, 0.6) is 0 Å². The number of nitrogens with one attached hydrogen (secondary N) is 2. The van der Waals surface area contributed by atoms with Gasteiger partial charge in [-0.3, -0.25) is 0 Å². The van der Waals surface area contributed by atoms with Gasteiger partial charge in [0.2, 0.25) is 10.0 Å². The maximum atomic E-state index is 12.1. The van der Waals surface area contributed by atoms with Crippen molar-refractivity contribution >= 4 is 10.0 Å². The van der Waals surface area contributed by atoms with Gasteiger partial charge < -0.3 is 5.32 Å². The summed E-state index contributed by atoms with van der Waals surface area (Å²) in [7, 11) is -3.39. The van der Waals surface area contributed by atoms with Gasteiger partial charge in [-0.25, -0.2) is 13.1 Å². The molecule has 2 N–H and O–H groups in total. The van der Waals surface area contributed by atoms with Crippen LogP contribution in [0.15, 0.2) is 29.2 Å². The van der Waals surface area contributed by atoms with E-state index in [0.717, 1.165) is 6.42 Å². The molecule has 0 heterocycles. The van der Waals surface area contributed by atoms with E-state index in [9.17, 15) is 8.42 Å². The van der Waals surface area contributed by atoms with Crippen LogP contribution in [0, 0.1) is 5.92 Å². The van der Waals surface area contributed by atoms with Crippen LogP contribution in [-0.4, -0.2) is 27.5 Å². The highest BCUT2D eigenvalue weighted by Crippen LogP contribution is 2.13. The quantitative estimate of drug-likeness (QED) is 0.723. The van der Waals surface area contributed by atoms with Gasteiger partial charge in [0.1, 0.15) is 0 Å². The molecule has 114 valence electrons. The molecule has 0 atom stereocenters. The van der Waals surface area contributed by atoms with Crippen molar-refractivity contribution in [1.82, 2.24) is 10.0 Å². The number of sulfonamides is 1. The third kappa shape index (κ3) is 6.03. The van der Waals surface area contributed by atoms with E-state index in [1.165, 1.54) is 5.56 Å². The van der Waals surface area contributed by atoms with E-state index in [1.54, 1.807) is 12.1 Å². The van der Waals surface area contributed by atoms with Crippen molar-refractivity contribution in [1.29, 1.82) is 0 Å². The lowest BCUT2D eigenvalue weighted by atomic mass is 10.0. The Morgan fingerprint density at radius 1 is 1.00 bits per heavy atom. The fraction of sp³-hybridized carbons (Fsp3) is 0.600. The summed E-state index contributed by atoms with van der Waals surface area (Å²) >= 11 is 0. The lowest BCUT2D eigenvalue weighted by Crippen LogP contribution is -2.34. The average Bonchev–Trinajstić information content (AvgIpc) is 2.34. The molecular weight excluding hydrogens is 272 g/mol. The zero-order valence-electron chi connectivity index (χ0n) is 12.8. The predicted molar refractivity (Wildman–Crippen MR) is 83.3 cm³/mol. The highest BCUT2D eigenvalue weighted by molar-refractivity contribution is 7.89. The number of benzene rings is 1. The molecule has 1 rings (SSSR count). The minimum Gasteiger partial charge on any atom is -0.313 e. The summed E-state index contributed by atoms with van der Waals surface area (Å²) in [6.45, 7) is 9.38. The summed E-state index contributed by atoms with van der Waals surface area (Å²) in [4.78, 5) is 0.328. The Morgan fingerprint density at radius 3 is 2.10 bits per heavy atom. The van der Waals surface area contributed by atoms with Crippen LogP contribution in [0.1, 0.15) is 33.3 Å². The first-order valence-electron chi connectivity index (χ1n) is 7.13. The van der Waals surface area contributed by atoms with Crippen molar-refractivity contribution in [2.24, 2.45) is 5.92 Å². The van der Waals surface area contributed by atoms with Gasteiger partial charge in [0, 0.05) is 19.1 Å². The molecule has 0 radical (unpaired) electrons. The second-order valence-corrected chi connectivity index (χ2v) is 7.52. The third-order valence-electron chi connectivity index (χ3n) is 2.85. The van der Waals surface area contributed by atoms with Crippen molar-refractivity contribution in [3.05, 3.63) is 29.8 Å².